The van der Waals surface area contributed by atoms with E-state index in [1.165, 1.54) is 33.1 Å². The van der Waals surface area contributed by atoms with Crippen molar-refractivity contribution in [2.24, 2.45) is 0 Å². The van der Waals surface area contributed by atoms with Crippen LogP contribution in [0.15, 0.2) is 60.7 Å². The predicted octanol–water partition coefficient (Wildman–Crippen LogP) is 5.42. The summed E-state index contributed by atoms with van der Waals surface area (Å²) in [7, 11) is 0. The van der Waals surface area contributed by atoms with E-state index < -0.39 is 0 Å². The minimum Gasteiger partial charge on any atom is -0.236 e. The SMILES string of the molecule is CCCc1c(-c2ccccc2)c2ccccc2c2cc(C)nn12. The first-order valence-corrected chi connectivity index (χ1v) is 8.25. The Kier molecular flexibility index (Phi) is 3.38. The molecular weight excluding hydrogens is 280 g/mol. The summed E-state index contributed by atoms with van der Waals surface area (Å²) in [5.41, 5.74) is 6.17. The molecule has 0 saturated carbocycles. The van der Waals surface area contributed by atoms with Gasteiger partial charge >= 0.3 is 0 Å². The van der Waals surface area contributed by atoms with Crippen LogP contribution in [-0.4, -0.2) is 9.61 Å². The molecule has 0 radical (unpaired) electrons. The molecule has 114 valence electrons. The Labute approximate surface area is 136 Å². The standard InChI is InChI=1S/C21H20N2/c1-3-9-19-21(16-10-5-4-6-11-16)18-13-8-7-12-17(18)20-14-15(2)22-23(19)20/h4-8,10-14H,3,9H2,1-2H3. The smallest absolute Gasteiger partial charge is 0.0746 e. The van der Waals surface area contributed by atoms with Crippen LogP contribution in [0.5, 0.6) is 0 Å². The Hall–Kier alpha value is -2.61. The van der Waals surface area contributed by atoms with Gasteiger partial charge in [0.1, 0.15) is 0 Å². The zero-order valence-corrected chi connectivity index (χ0v) is 13.6. The monoisotopic (exact) mass is 300 g/mol. The molecular formula is C21H20N2. The third-order valence-electron chi connectivity index (χ3n) is 4.40. The van der Waals surface area contributed by atoms with Crippen LogP contribution in [0.3, 0.4) is 0 Å². The number of rotatable bonds is 3. The largest absolute Gasteiger partial charge is 0.236 e. The van der Waals surface area contributed by atoms with Crippen molar-refractivity contribution in [3.05, 3.63) is 72.1 Å². The van der Waals surface area contributed by atoms with Crippen molar-refractivity contribution >= 4 is 16.3 Å². The molecule has 0 amide bonds. The van der Waals surface area contributed by atoms with Crippen molar-refractivity contribution in [3.8, 4) is 11.1 Å². The molecule has 2 aromatic carbocycles. The maximum atomic E-state index is 4.78. The predicted molar refractivity (Wildman–Crippen MR) is 96.9 cm³/mol. The van der Waals surface area contributed by atoms with Gasteiger partial charge in [-0.05, 0) is 30.4 Å². The number of fused-ring (bicyclic) bond motifs is 3. The van der Waals surface area contributed by atoms with E-state index in [0.717, 1.165) is 18.5 Å². The van der Waals surface area contributed by atoms with E-state index in [0.29, 0.717) is 0 Å². The maximum Gasteiger partial charge on any atom is 0.0746 e. The summed E-state index contributed by atoms with van der Waals surface area (Å²) >= 11 is 0. The lowest BCUT2D eigenvalue weighted by molar-refractivity contribution is 0.805. The van der Waals surface area contributed by atoms with Crippen LogP contribution < -0.4 is 0 Å². The van der Waals surface area contributed by atoms with Gasteiger partial charge in [0, 0.05) is 10.9 Å². The molecule has 0 atom stereocenters. The van der Waals surface area contributed by atoms with Gasteiger partial charge in [0.15, 0.2) is 0 Å². The minimum atomic E-state index is 1.02. The fraction of sp³-hybridized carbons (Fsp3) is 0.190. The van der Waals surface area contributed by atoms with Gasteiger partial charge in [-0.15, -0.1) is 0 Å². The Morgan fingerprint density at radius 1 is 0.913 bits per heavy atom. The highest BCUT2D eigenvalue weighted by Crippen LogP contribution is 2.35. The van der Waals surface area contributed by atoms with E-state index >= 15 is 0 Å². The highest BCUT2D eigenvalue weighted by Gasteiger charge is 2.16. The molecule has 0 unspecified atom stereocenters. The summed E-state index contributed by atoms with van der Waals surface area (Å²) in [5.74, 6) is 0. The number of nitrogens with zero attached hydrogens (tertiary/aromatic N) is 2. The highest BCUT2D eigenvalue weighted by atomic mass is 15.2. The van der Waals surface area contributed by atoms with E-state index in [1.807, 2.05) is 0 Å². The summed E-state index contributed by atoms with van der Waals surface area (Å²) in [6.07, 6.45) is 2.12. The topological polar surface area (TPSA) is 17.3 Å². The number of hydrogen-bond acceptors (Lipinski definition) is 1. The Morgan fingerprint density at radius 3 is 2.35 bits per heavy atom. The molecule has 2 aromatic heterocycles. The summed E-state index contributed by atoms with van der Waals surface area (Å²) < 4.78 is 2.16. The van der Waals surface area contributed by atoms with Crippen LogP contribution in [0.2, 0.25) is 0 Å². The molecule has 0 aliphatic rings. The fourth-order valence-corrected chi connectivity index (χ4v) is 3.48. The summed E-state index contributed by atoms with van der Waals surface area (Å²) in [6, 6.07) is 21.6. The highest BCUT2D eigenvalue weighted by molar-refractivity contribution is 6.05. The van der Waals surface area contributed by atoms with Crippen molar-refractivity contribution in [2.75, 3.05) is 0 Å². The maximum absolute atomic E-state index is 4.78. The fourth-order valence-electron chi connectivity index (χ4n) is 3.48. The lowest BCUT2D eigenvalue weighted by atomic mass is 9.95. The van der Waals surface area contributed by atoms with Crippen molar-refractivity contribution in [1.29, 1.82) is 0 Å². The molecule has 0 fully saturated rings. The molecule has 4 rings (SSSR count). The van der Waals surface area contributed by atoms with Crippen LogP contribution in [0.25, 0.3) is 27.4 Å². The van der Waals surface area contributed by atoms with E-state index in [1.54, 1.807) is 0 Å². The van der Waals surface area contributed by atoms with E-state index in [-0.39, 0.29) is 0 Å². The van der Waals surface area contributed by atoms with Crippen molar-refractivity contribution < 1.29 is 0 Å². The van der Waals surface area contributed by atoms with E-state index in [2.05, 4.69) is 79.0 Å². The molecule has 23 heavy (non-hydrogen) atoms. The molecule has 0 bridgehead atoms. The van der Waals surface area contributed by atoms with Gasteiger partial charge in [0.25, 0.3) is 0 Å². The number of aryl methyl sites for hydroxylation is 2. The quantitative estimate of drug-likeness (QED) is 0.494. The number of benzene rings is 2. The second-order valence-electron chi connectivity index (χ2n) is 6.07. The first-order valence-electron chi connectivity index (χ1n) is 8.25. The van der Waals surface area contributed by atoms with Crippen LogP contribution in [0, 0.1) is 6.92 Å². The van der Waals surface area contributed by atoms with Gasteiger partial charge in [-0.1, -0.05) is 67.9 Å². The summed E-state index contributed by atoms with van der Waals surface area (Å²) in [4.78, 5) is 0. The van der Waals surface area contributed by atoms with Crippen LogP contribution >= 0.6 is 0 Å². The average Bonchev–Trinajstić information content (AvgIpc) is 2.98. The second-order valence-corrected chi connectivity index (χ2v) is 6.07. The summed E-state index contributed by atoms with van der Waals surface area (Å²) in [6.45, 7) is 4.30. The zero-order chi connectivity index (χ0) is 15.8. The lowest BCUT2D eigenvalue weighted by Crippen LogP contribution is -2.03. The number of aromatic nitrogens is 2. The Morgan fingerprint density at radius 2 is 1.61 bits per heavy atom. The van der Waals surface area contributed by atoms with Crippen LogP contribution in [0.1, 0.15) is 24.7 Å². The van der Waals surface area contributed by atoms with Crippen molar-refractivity contribution in [1.82, 2.24) is 9.61 Å². The molecule has 4 aromatic rings. The normalized spacial score (nSPS) is 11.4. The summed E-state index contributed by atoms with van der Waals surface area (Å²) in [5, 5.41) is 7.37. The zero-order valence-electron chi connectivity index (χ0n) is 13.6. The molecule has 0 aliphatic carbocycles. The average molecular weight is 300 g/mol. The van der Waals surface area contributed by atoms with E-state index in [9.17, 15) is 0 Å². The van der Waals surface area contributed by atoms with Gasteiger partial charge in [-0.25, -0.2) is 4.52 Å². The molecule has 0 aliphatic heterocycles. The van der Waals surface area contributed by atoms with Gasteiger partial charge in [-0.3, -0.25) is 0 Å². The molecule has 0 N–H and O–H groups in total. The minimum absolute atomic E-state index is 1.02. The van der Waals surface area contributed by atoms with Crippen LogP contribution in [0.4, 0.5) is 0 Å². The molecule has 2 heterocycles. The second kappa shape index (κ2) is 5.54. The Balaban J connectivity index is 2.22. The van der Waals surface area contributed by atoms with Gasteiger partial charge in [-0.2, -0.15) is 5.10 Å². The van der Waals surface area contributed by atoms with Gasteiger partial charge in [0.05, 0.1) is 16.9 Å². The number of hydrogen-bond donors (Lipinski definition) is 0. The molecule has 0 spiro atoms. The van der Waals surface area contributed by atoms with Crippen LogP contribution in [-0.2, 0) is 6.42 Å². The van der Waals surface area contributed by atoms with E-state index in [4.69, 9.17) is 5.10 Å². The van der Waals surface area contributed by atoms with Crippen molar-refractivity contribution in [3.63, 3.8) is 0 Å². The Bertz CT molecular complexity index is 981. The molecule has 0 saturated heterocycles. The van der Waals surface area contributed by atoms with Gasteiger partial charge in [0.2, 0.25) is 0 Å². The first-order chi connectivity index (χ1) is 11.3. The lowest BCUT2D eigenvalue weighted by Gasteiger charge is -2.16. The first kappa shape index (κ1) is 14.0. The molecule has 2 heteroatoms. The van der Waals surface area contributed by atoms with Gasteiger partial charge < -0.3 is 0 Å². The molecule has 2 nitrogen and oxygen atoms in total. The number of pyridine rings is 1. The third kappa shape index (κ3) is 2.22. The van der Waals surface area contributed by atoms with Crippen molar-refractivity contribution in [2.45, 2.75) is 26.7 Å². The third-order valence-corrected chi connectivity index (χ3v) is 4.40.